The third-order valence-corrected chi connectivity index (χ3v) is 7.67. The summed E-state index contributed by atoms with van der Waals surface area (Å²) in [6, 6.07) is 11.4. The summed E-state index contributed by atoms with van der Waals surface area (Å²) in [5.74, 6) is 0.863. The molecule has 0 spiro atoms. The molecule has 2 aliphatic rings. The van der Waals surface area contributed by atoms with Crippen molar-refractivity contribution in [3.63, 3.8) is 0 Å². The van der Waals surface area contributed by atoms with Gasteiger partial charge < -0.3 is 14.8 Å². The van der Waals surface area contributed by atoms with Gasteiger partial charge in [-0.2, -0.15) is 5.10 Å². The number of amides is 1. The second-order valence-corrected chi connectivity index (χ2v) is 10.0. The molecule has 2 fully saturated rings. The molecule has 38 heavy (non-hydrogen) atoms. The third-order valence-electron chi connectivity index (χ3n) is 7.67. The number of imidazole rings is 1. The SMILES string of the molecule is O=C(N[C@H]1CC[C@H](c2n[nH]c(=O)c3ccccc32)CC1)c1cnc2cc(OCCN3CCOCC3)ccn12. The first-order valence-electron chi connectivity index (χ1n) is 13.3. The molecule has 4 heterocycles. The number of aromatic amines is 1. The summed E-state index contributed by atoms with van der Waals surface area (Å²) >= 11 is 0. The Balaban J connectivity index is 1.05. The number of fused-ring (bicyclic) bond motifs is 2. The average Bonchev–Trinajstić information content (AvgIpc) is 3.38. The molecule has 10 heteroatoms. The lowest BCUT2D eigenvalue weighted by Gasteiger charge is -2.29. The number of ether oxygens (including phenoxy) is 2. The van der Waals surface area contributed by atoms with E-state index in [9.17, 15) is 9.59 Å². The van der Waals surface area contributed by atoms with Crippen molar-refractivity contribution in [2.45, 2.75) is 37.6 Å². The molecule has 2 N–H and O–H groups in total. The molecule has 3 aromatic heterocycles. The predicted octanol–water partition coefficient (Wildman–Crippen LogP) is 2.74. The number of aromatic nitrogens is 4. The van der Waals surface area contributed by atoms with Crippen molar-refractivity contribution in [2.75, 3.05) is 39.5 Å². The van der Waals surface area contributed by atoms with Crippen LogP contribution in [0, 0.1) is 0 Å². The van der Waals surface area contributed by atoms with Crippen LogP contribution in [0.15, 0.2) is 53.6 Å². The van der Waals surface area contributed by atoms with Crippen LogP contribution in [0.5, 0.6) is 5.75 Å². The molecule has 6 rings (SSSR count). The first-order valence-corrected chi connectivity index (χ1v) is 13.3. The van der Waals surface area contributed by atoms with E-state index in [1.165, 1.54) is 0 Å². The molecule has 0 radical (unpaired) electrons. The van der Waals surface area contributed by atoms with Gasteiger partial charge in [0.15, 0.2) is 0 Å². The highest BCUT2D eigenvalue weighted by atomic mass is 16.5. The highest BCUT2D eigenvalue weighted by Crippen LogP contribution is 2.34. The zero-order valence-electron chi connectivity index (χ0n) is 21.3. The van der Waals surface area contributed by atoms with E-state index in [2.05, 4.69) is 25.4 Å². The molecular weight excluding hydrogens is 484 g/mol. The Kier molecular flexibility index (Phi) is 7.06. The highest BCUT2D eigenvalue weighted by Gasteiger charge is 2.27. The fraction of sp³-hybridized carbons (Fsp3) is 0.429. The van der Waals surface area contributed by atoms with Crippen LogP contribution in [0.4, 0.5) is 0 Å². The molecule has 0 atom stereocenters. The quantitative estimate of drug-likeness (QED) is 0.388. The zero-order chi connectivity index (χ0) is 25.9. The summed E-state index contributed by atoms with van der Waals surface area (Å²) in [6.45, 7) is 4.86. The Morgan fingerprint density at radius 3 is 2.71 bits per heavy atom. The van der Waals surface area contributed by atoms with Crippen LogP contribution >= 0.6 is 0 Å². The molecule has 1 aromatic carbocycles. The molecule has 1 saturated carbocycles. The first-order chi connectivity index (χ1) is 18.7. The summed E-state index contributed by atoms with van der Waals surface area (Å²) in [5.41, 5.74) is 1.97. The van der Waals surface area contributed by atoms with Crippen LogP contribution in [0.3, 0.4) is 0 Å². The molecule has 1 saturated heterocycles. The summed E-state index contributed by atoms with van der Waals surface area (Å²) in [6.07, 6.45) is 6.95. The van der Waals surface area contributed by atoms with E-state index in [4.69, 9.17) is 9.47 Å². The molecule has 4 aromatic rings. The van der Waals surface area contributed by atoms with Gasteiger partial charge in [-0.05, 0) is 37.8 Å². The number of morpholine rings is 1. The van der Waals surface area contributed by atoms with Crippen molar-refractivity contribution in [1.29, 1.82) is 0 Å². The van der Waals surface area contributed by atoms with Crippen LogP contribution in [0.1, 0.15) is 47.8 Å². The van der Waals surface area contributed by atoms with Gasteiger partial charge in [0.05, 0.1) is 30.5 Å². The van der Waals surface area contributed by atoms with E-state index in [0.717, 1.165) is 75.4 Å². The van der Waals surface area contributed by atoms with Crippen LogP contribution < -0.4 is 15.6 Å². The molecule has 0 unspecified atom stereocenters. The predicted molar refractivity (Wildman–Crippen MR) is 143 cm³/mol. The number of hydrogen-bond acceptors (Lipinski definition) is 7. The smallest absolute Gasteiger partial charge is 0.272 e. The maximum atomic E-state index is 13.1. The van der Waals surface area contributed by atoms with Gasteiger partial charge in [0.1, 0.15) is 23.7 Å². The lowest BCUT2D eigenvalue weighted by atomic mass is 9.82. The van der Waals surface area contributed by atoms with Gasteiger partial charge in [0.25, 0.3) is 11.5 Å². The minimum atomic E-state index is -0.162. The lowest BCUT2D eigenvalue weighted by molar-refractivity contribution is 0.0322. The molecule has 10 nitrogen and oxygen atoms in total. The second-order valence-electron chi connectivity index (χ2n) is 10.0. The number of nitrogens with one attached hydrogen (secondary N) is 2. The standard InChI is InChI=1S/C28H32N6O4/c35-27-23-4-2-1-3-22(23)26(31-32-27)19-5-7-20(8-6-19)30-28(36)24-18-29-25-17-21(9-10-34(24)25)38-16-13-33-11-14-37-15-12-33/h1-4,9-10,17-20H,5-8,11-16H2,(H,30,36)(H,32,35)/t19-,20-. The fourth-order valence-corrected chi connectivity index (χ4v) is 5.55. The second kappa shape index (κ2) is 10.9. The van der Waals surface area contributed by atoms with E-state index in [-0.39, 0.29) is 23.4 Å². The molecule has 1 aliphatic carbocycles. The van der Waals surface area contributed by atoms with Gasteiger partial charge in [0, 0.05) is 49.2 Å². The molecular formula is C28H32N6O4. The Labute approximate surface area is 220 Å². The number of benzene rings is 1. The van der Waals surface area contributed by atoms with Crippen molar-refractivity contribution in [1.82, 2.24) is 29.8 Å². The van der Waals surface area contributed by atoms with Crippen molar-refractivity contribution in [3.05, 3.63) is 70.5 Å². The lowest BCUT2D eigenvalue weighted by Crippen LogP contribution is -2.38. The summed E-state index contributed by atoms with van der Waals surface area (Å²) in [4.78, 5) is 32.0. The number of pyridine rings is 1. The first kappa shape index (κ1) is 24.6. The normalized spacial score (nSPS) is 20.5. The maximum absolute atomic E-state index is 13.1. The number of carbonyl (C=O) groups excluding carboxylic acids is 1. The monoisotopic (exact) mass is 516 g/mol. The van der Waals surface area contributed by atoms with Crippen molar-refractivity contribution >= 4 is 22.3 Å². The van der Waals surface area contributed by atoms with Gasteiger partial charge in [-0.1, -0.05) is 18.2 Å². The molecule has 198 valence electrons. The number of hydrogen-bond donors (Lipinski definition) is 2. The zero-order valence-corrected chi connectivity index (χ0v) is 21.3. The summed E-state index contributed by atoms with van der Waals surface area (Å²) < 4.78 is 13.1. The molecule has 0 bridgehead atoms. The summed E-state index contributed by atoms with van der Waals surface area (Å²) in [5, 5.41) is 11.8. The third kappa shape index (κ3) is 5.14. The number of rotatable bonds is 7. The Hall–Kier alpha value is -3.76. The maximum Gasteiger partial charge on any atom is 0.272 e. The van der Waals surface area contributed by atoms with Gasteiger partial charge in [-0.3, -0.25) is 18.9 Å². The Bertz CT molecular complexity index is 1480. The van der Waals surface area contributed by atoms with E-state index >= 15 is 0 Å². The number of H-pyrrole nitrogens is 1. The van der Waals surface area contributed by atoms with Crippen LogP contribution in [-0.4, -0.2) is 75.9 Å². The topological polar surface area (TPSA) is 114 Å². The highest BCUT2D eigenvalue weighted by molar-refractivity contribution is 5.93. The number of nitrogens with zero attached hydrogens (tertiary/aromatic N) is 4. The fourth-order valence-electron chi connectivity index (χ4n) is 5.55. The van der Waals surface area contributed by atoms with E-state index in [1.807, 2.05) is 42.6 Å². The van der Waals surface area contributed by atoms with Gasteiger partial charge >= 0.3 is 0 Å². The van der Waals surface area contributed by atoms with Crippen molar-refractivity contribution in [3.8, 4) is 5.75 Å². The molecule has 1 aliphatic heterocycles. The van der Waals surface area contributed by atoms with Crippen LogP contribution in [0.25, 0.3) is 16.4 Å². The Morgan fingerprint density at radius 1 is 1.11 bits per heavy atom. The van der Waals surface area contributed by atoms with E-state index in [0.29, 0.717) is 23.3 Å². The van der Waals surface area contributed by atoms with Gasteiger partial charge in [0.2, 0.25) is 0 Å². The minimum Gasteiger partial charge on any atom is -0.492 e. The van der Waals surface area contributed by atoms with Crippen LogP contribution in [-0.2, 0) is 4.74 Å². The van der Waals surface area contributed by atoms with Crippen molar-refractivity contribution < 1.29 is 14.3 Å². The largest absolute Gasteiger partial charge is 0.492 e. The minimum absolute atomic E-state index is 0.0844. The Morgan fingerprint density at radius 2 is 1.89 bits per heavy atom. The van der Waals surface area contributed by atoms with Gasteiger partial charge in [-0.15, -0.1) is 0 Å². The van der Waals surface area contributed by atoms with E-state index < -0.39 is 0 Å². The number of carbonyl (C=O) groups is 1. The van der Waals surface area contributed by atoms with Crippen molar-refractivity contribution in [2.24, 2.45) is 0 Å². The van der Waals surface area contributed by atoms with E-state index in [1.54, 1.807) is 10.6 Å². The van der Waals surface area contributed by atoms with Crippen LogP contribution in [0.2, 0.25) is 0 Å². The van der Waals surface area contributed by atoms with Gasteiger partial charge in [-0.25, -0.2) is 10.1 Å². The molecule has 1 amide bonds. The summed E-state index contributed by atoms with van der Waals surface area (Å²) in [7, 11) is 0. The average molecular weight is 517 g/mol.